The van der Waals surface area contributed by atoms with Gasteiger partial charge in [0.05, 0.1) is 11.6 Å². The molecule has 0 fully saturated rings. The van der Waals surface area contributed by atoms with Gasteiger partial charge >= 0.3 is 5.97 Å². The molecule has 0 saturated heterocycles. The van der Waals surface area contributed by atoms with Crippen molar-refractivity contribution in [2.24, 2.45) is 0 Å². The predicted octanol–water partition coefficient (Wildman–Crippen LogP) is 2.86. The first kappa shape index (κ1) is 15.2. The van der Waals surface area contributed by atoms with Crippen LogP contribution >= 0.6 is 22.7 Å². The maximum Gasteiger partial charge on any atom is 0.336 e. The number of sulfonamides is 1. The number of carboxylic acid groups (broad SMARTS) is 1. The zero-order chi connectivity index (χ0) is 14.9. The lowest BCUT2D eigenvalue weighted by molar-refractivity contribution is 0.0697. The van der Waals surface area contributed by atoms with Gasteiger partial charge in [-0.2, -0.15) is 0 Å². The quantitative estimate of drug-likeness (QED) is 0.882. The van der Waals surface area contributed by atoms with Crippen LogP contribution in [-0.2, 0) is 10.0 Å². The van der Waals surface area contributed by atoms with Gasteiger partial charge < -0.3 is 5.11 Å². The zero-order valence-corrected chi connectivity index (χ0v) is 13.2. The maximum atomic E-state index is 12.2. The molecule has 108 valence electrons. The molecule has 5 nitrogen and oxygen atoms in total. The third kappa shape index (κ3) is 3.26. The monoisotopic (exact) mass is 331 g/mol. The smallest absolute Gasteiger partial charge is 0.336 e. The molecule has 20 heavy (non-hydrogen) atoms. The molecule has 0 aromatic carbocycles. The highest BCUT2D eigenvalue weighted by atomic mass is 32.2. The van der Waals surface area contributed by atoms with Gasteiger partial charge in [0.15, 0.2) is 0 Å². The van der Waals surface area contributed by atoms with Crippen LogP contribution in [-0.4, -0.2) is 19.5 Å². The Morgan fingerprint density at radius 2 is 2.10 bits per heavy atom. The van der Waals surface area contributed by atoms with Crippen molar-refractivity contribution in [3.05, 3.63) is 38.9 Å². The first-order chi connectivity index (χ1) is 9.29. The van der Waals surface area contributed by atoms with Crippen molar-refractivity contribution < 1.29 is 18.3 Å². The van der Waals surface area contributed by atoms with E-state index in [0.29, 0.717) is 0 Å². The Kier molecular flexibility index (Phi) is 4.28. The van der Waals surface area contributed by atoms with Crippen LogP contribution in [0.1, 0.15) is 33.1 Å². The normalized spacial score (nSPS) is 13.3. The Balaban J connectivity index is 2.20. The van der Waals surface area contributed by atoms with Gasteiger partial charge in [-0.05, 0) is 32.0 Å². The van der Waals surface area contributed by atoms with E-state index in [0.717, 1.165) is 21.1 Å². The molecule has 1 atom stereocenters. The van der Waals surface area contributed by atoms with Crippen LogP contribution in [0.15, 0.2) is 27.8 Å². The summed E-state index contributed by atoms with van der Waals surface area (Å²) in [5.41, 5.74) is -0.0185. The van der Waals surface area contributed by atoms with Crippen LogP contribution in [0.5, 0.6) is 0 Å². The van der Waals surface area contributed by atoms with Crippen LogP contribution in [0.3, 0.4) is 0 Å². The number of rotatable bonds is 5. The average molecular weight is 331 g/mol. The van der Waals surface area contributed by atoms with Crippen molar-refractivity contribution in [1.82, 2.24) is 4.72 Å². The molecule has 0 spiro atoms. The molecule has 2 aromatic heterocycles. The molecule has 0 aliphatic rings. The summed E-state index contributed by atoms with van der Waals surface area (Å²) in [6, 6.07) is 4.62. The van der Waals surface area contributed by atoms with Crippen molar-refractivity contribution >= 4 is 38.7 Å². The van der Waals surface area contributed by atoms with Crippen LogP contribution in [0.4, 0.5) is 0 Å². The molecule has 1 unspecified atom stereocenters. The van der Waals surface area contributed by atoms with Crippen LogP contribution in [0.2, 0.25) is 0 Å². The van der Waals surface area contributed by atoms with Gasteiger partial charge in [-0.25, -0.2) is 17.9 Å². The third-order valence-corrected chi connectivity index (χ3v) is 6.77. The van der Waals surface area contributed by atoms with Gasteiger partial charge in [-0.3, -0.25) is 0 Å². The molecular formula is C12H13NO4S3. The summed E-state index contributed by atoms with van der Waals surface area (Å²) in [6.07, 6.45) is 0. The van der Waals surface area contributed by atoms with E-state index < -0.39 is 16.0 Å². The van der Waals surface area contributed by atoms with E-state index >= 15 is 0 Å². The maximum absolute atomic E-state index is 12.2. The van der Waals surface area contributed by atoms with E-state index in [1.165, 1.54) is 22.8 Å². The molecule has 0 radical (unpaired) electrons. The Labute approximate surface area is 124 Å². The standard InChI is InChI=1S/C12H13NO4S3/c1-7-3-4-10(19-7)8(2)13-20(16,17)11-5-9(6-18-11)12(14)15/h3-6,8,13H,1-2H3,(H,14,15). The molecule has 2 heterocycles. The fraction of sp³-hybridized carbons (Fsp3) is 0.250. The molecule has 0 saturated carbocycles. The van der Waals surface area contributed by atoms with Crippen LogP contribution < -0.4 is 4.72 Å². The van der Waals surface area contributed by atoms with Crippen molar-refractivity contribution in [2.75, 3.05) is 0 Å². The van der Waals surface area contributed by atoms with Crippen molar-refractivity contribution in [1.29, 1.82) is 0 Å². The second kappa shape index (κ2) is 5.65. The second-order valence-corrected chi connectivity index (χ2v) is 8.42. The van der Waals surface area contributed by atoms with Gasteiger partial charge in [0.1, 0.15) is 4.21 Å². The number of carboxylic acids is 1. The van der Waals surface area contributed by atoms with E-state index in [1.54, 1.807) is 6.92 Å². The van der Waals surface area contributed by atoms with Crippen LogP contribution in [0, 0.1) is 6.92 Å². The Morgan fingerprint density at radius 1 is 1.40 bits per heavy atom. The van der Waals surface area contributed by atoms with Gasteiger partial charge in [-0.1, -0.05) is 0 Å². The minimum absolute atomic E-state index is 0.00929. The van der Waals surface area contributed by atoms with E-state index in [2.05, 4.69) is 4.72 Å². The highest BCUT2D eigenvalue weighted by Crippen LogP contribution is 2.26. The topological polar surface area (TPSA) is 83.5 Å². The number of aryl methyl sites for hydroxylation is 1. The van der Waals surface area contributed by atoms with E-state index in [4.69, 9.17) is 5.11 Å². The SMILES string of the molecule is Cc1ccc(C(C)NS(=O)(=O)c2cc(C(=O)O)cs2)s1. The Morgan fingerprint density at radius 3 is 2.60 bits per heavy atom. The molecule has 8 heteroatoms. The number of aromatic carboxylic acids is 1. The first-order valence-electron chi connectivity index (χ1n) is 5.70. The molecule has 0 aliphatic carbocycles. The Bertz CT molecular complexity index is 729. The largest absolute Gasteiger partial charge is 0.478 e. The predicted molar refractivity (Wildman–Crippen MR) is 79.1 cm³/mol. The fourth-order valence-corrected chi connectivity index (χ4v) is 4.95. The summed E-state index contributed by atoms with van der Waals surface area (Å²) in [7, 11) is -3.70. The number of hydrogen-bond donors (Lipinski definition) is 2. The lowest BCUT2D eigenvalue weighted by Gasteiger charge is -2.11. The van der Waals surface area contributed by atoms with Gasteiger partial charge in [-0.15, -0.1) is 22.7 Å². The summed E-state index contributed by atoms with van der Waals surface area (Å²) in [5.74, 6) is -1.13. The minimum atomic E-state index is -3.70. The number of hydrogen-bond acceptors (Lipinski definition) is 5. The fourth-order valence-electron chi connectivity index (χ4n) is 1.60. The van der Waals surface area contributed by atoms with Crippen LogP contribution in [0.25, 0.3) is 0 Å². The second-order valence-electron chi connectivity index (χ2n) is 4.25. The molecule has 2 aromatic rings. The van der Waals surface area contributed by atoms with Crippen molar-refractivity contribution in [3.8, 4) is 0 Å². The average Bonchev–Trinajstić information content (AvgIpc) is 2.96. The number of thiophene rings is 2. The highest BCUT2D eigenvalue weighted by molar-refractivity contribution is 7.91. The number of carbonyl (C=O) groups is 1. The summed E-state index contributed by atoms with van der Waals surface area (Å²) in [4.78, 5) is 12.8. The molecule has 2 N–H and O–H groups in total. The van der Waals surface area contributed by atoms with Gasteiger partial charge in [0.25, 0.3) is 10.0 Å². The van der Waals surface area contributed by atoms with E-state index in [1.807, 2.05) is 19.1 Å². The zero-order valence-electron chi connectivity index (χ0n) is 10.8. The lowest BCUT2D eigenvalue weighted by atomic mass is 10.3. The summed E-state index contributed by atoms with van der Waals surface area (Å²) in [6.45, 7) is 3.71. The molecule has 2 rings (SSSR count). The van der Waals surface area contributed by atoms with Gasteiger partial charge in [0.2, 0.25) is 0 Å². The van der Waals surface area contributed by atoms with Crippen molar-refractivity contribution in [2.45, 2.75) is 24.1 Å². The Hall–Kier alpha value is -1.22. The summed E-state index contributed by atoms with van der Waals surface area (Å²) >= 11 is 2.42. The van der Waals surface area contributed by atoms with Crippen molar-refractivity contribution in [3.63, 3.8) is 0 Å². The third-order valence-electron chi connectivity index (χ3n) is 2.61. The molecule has 0 amide bonds. The van der Waals surface area contributed by atoms with E-state index in [-0.39, 0.29) is 15.8 Å². The summed E-state index contributed by atoms with van der Waals surface area (Å²) < 4.78 is 26.9. The molecule has 0 aliphatic heterocycles. The minimum Gasteiger partial charge on any atom is -0.478 e. The highest BCUT2D eigenvalue weighted by Gasteiger charge is 2.22. The molecular weight excluding hydrogens is 318 g/mol. The molecule has 0 bridgehead atoms. The summed E-state index contributed by atoms with van der Waals surface area (Å²) in [5, 5.41) is 10.1. The first-order valence-corrected chi connectivity index (χ1v) is 8.88. The van der Waals surface area contributed by atoms with Gasteiger partial charge in [0, 0.05) is 15.1 Å². The lowest BCUT2D eigenvalue weighted by Crippen LogP contribution is -2.25. The number of nitrogens with one attached hydrogen (secondary N) is 1. The van der Waals surface area contributed by atoms with E-state index in [9.17, 15) is 13.2 Å².